The van der Waals surface area contributed by atoms with Gasteiger partial charge in [-0.1, -0.05) is 47.7 Å². The van der Waals surface area contributed by atoms with E-state index >= 15 is 0 Å². The number of anilines is 3. The molecule has 1 amide bonds. The van der Waals surface area contributed by atoms with Crippen LogP contribution in [0.4, 0.5) is 17.1 Å². The summed E-state index contributed by atoms with van der Waals surface area (Å²) < 4.78 is 7.13. The summed E-state index contributed by atoms with van der Waals surface area (Å²) in [6.45, 7) is 4.64. The van der Waals surface area contributed by atoms with Gasteiger partial charge in [0, 0.05) is 17.4 Å². The van der Waals surface area contributed by atoms with E-state index in [2.05, 4.69) is 52.9 Å². The third-order valence-corrected chi connectivity index (χ3v) is 6.33. The fourth-order valence-electron chi connectivity index (χ4n) is 3.63. The highest BCUT2D eigenvalue weighted by Crippen LogP contribution is 2.26. The van der Waals surface area contributed by atoms with Crippen molar-refractivity contribution in [3.63, 3.8) is 0 Å². The van der Waals surface area contributed by atoms with Crippen molar-refractivity contribution in [1.29, 1.82) is 0 Å². The number of carbonyl (C=O) groups is 1. The van der Waals surface area contributed by atoms with Crippen LogP contribution < -0.4 is 21.1 Å². The Morgan fingerprint density at radius 3 is 2.51 bits per heavy atom. The first kappa shape index (κ1) is 24.2. The Labute approximate surface area is 208 Å². The minimum atomic E-state index is -0.190. The second kappa shape index (κ2) is 11.0. The maximum Gasteiger partial charge on any atom is 0.234 e. The van der Waals surface area contributed by atoms with E-state index in [-0.39, 0.29) is 11.7 Å². The van der Waals surface area contributed by atoms with Crippen LogP contribution in [-0.4, -0.2) is 33.5 Å². The van der Waals surface area contributed by atoms with Crippen LogP contribution in [0.25, 0.3) is 5.69 Å². The summed E-state index contributed by atoms with van der Waals surface area (Å²) in [5.74, 6) is 1.34. The topological polar surface area (TPSA) is 107 Å². The lowest BCUT2D eigenvalue weighted by Gasteiger charge is -2.13. The van der Waals surface area contributed by atoms with E-state index in [1.165, 1.54) is 22.9 Å². The maximum atomic E-state index is 12.6. The van der Waals surface area contributed by atoms with Gasteiger partial charge in [0.15, 0.2) is 11.0 Å². The van der Waals surface area contributed by atoms with Gasteiger partial charge in [0.2, 0.25) is 5.91 Å². The number of nitrogens with two attached hydrogens (primary N) is 1. The lowest BCUT2D eigenvalue weighted by Crippen LogP contribution is -2.16. The van der Waals surface area contributed by atoms with E-state index in [1.54, 1.807) is 25.3 Å². The number of aryl methyl sites for hydroxylation is 2. The number of hydrogen-bond donors (Lipinski definition) is 3. The molecule has 3 aromatic carbocycles. The van der Waals surface area contributed by atoms with E-state index in [9.17, 15) is 4.79 Å². The van der Waals surface area contributed by atoms with Gasteiger partial charge in [-0.05, 0) is 49.7 Å². The lowest BCUT2D eigenvalue weighted by molar-refractivity contribution is -0.113. The van der Waals surface area contributed by atoms with Gasteiger partial charge in [0.05, 0.1) is 30.8 Å². The number of nitrogens with one attached hydrogen (secondary N) is 2. The van der Waals surface area contributed by atoms with Gasteiger partial charge in [-0.25, -0.2) is 0 Å². The summed E-state index contributed by atoms with van der Waals surface area (Å²) >= 11 is 1.31. The Kier molecular flexibility index (Phi) is 7.57. The lowest BCUT2D eigenvalue weighted by atomic mass is 10.1. The van der Waals surface area contributed by atoms with Crippen molar-refractivity contribution in [2.24, 2.45) is 0 Å². The van der Waals surface area contributed by atoms with Crippen LogP contribution in [0.2, 0.25) is 0 Å². The van der Waals surface area contributed by atoms with E-state index in [0.29, 0.717) is 28.8 Å². The molecule has 4 rings (SSSR count). The van der Waals surface area contributed by atoms with Crippen molar-refractivity contribution >= 4 is 34.7 Å². The zero-order valence-electron chi connectivity index (χ0n) is 19.9. The molecule has 180 valence electrons. The van der Waals surface area contributed by atoms with Crippen LogP contribution in [0.5, 0.6) is 5.75 Å². The largest absolute Gasteiger partial charge is 0.497 e. The molecule has 0 radical (unpaired) electrons. The molecule has 0 saturated heterocycles. The first-order valence-electron chi connectivity index (χ1n) is 11.1. The Hall–Kier alpha value is -3.98. The predicted octanol–water partition coefficient (Wildman–Crippen LogP) is 4.82. The average Bonchev–Trinajstić information content (AvgIpc) is 3.26. The molecule has 4 aromatic rings. The van der Waals surface area contributed by atoms with Gasteiger partial charge in [0.1, 0.15) is 5.75 Å². The summed E-state index contributed by atoms with van der Waals surface area (Å²) in [6, 6.07) is 21.3. The molecule has 0 aliphatic rings. The number of ether oxygens (including phenoxy) is 1. The average molecular weight is 489 g/mol. The molecule has 4 N–H and O–H groups in total. The summed E-state index contributed by atoms with van der Waals surface area (Å²) in [7, 11) is 1.57. The quantitative estimate of drug-likeness (QED) is 0.229. The number of aromatic nitrogens is 3. The zero-order chi connectivity index (χ0) is 24.8. The third kappa shape index (κ3) is 5.93. The second-order valence-electron chi connectivity index (χ2n) is 8.03. The molecule has 35 heavy (non-hydrogen) atoms. The van der Waals surface area contributed by atoms with Gasteiger partial charge < -0.3 is 21.1 Å². The van der Waals surface area contributed by atoms with Crippen LogP contribution in [0, 0.1) is 13.8 Å². The standard InChI is InChI=1S/C26H28N6O2S/c1-17-9-11-22(18(2)13-17)28-15-24-30-31-26(32(24)19-7-5-4-6-8-19)35-16-25(33)29-23-12-10-20(34-3)14-21(23)27/h4-14,28H,15-16,27H2,1-3H3,(H,29,33). The SMILES string of the molecule is COc1ccc(NC(=O)CSc2nnc(CNc3ccc(C)cc3C)n2-c2ccccc2)c(N)c1. The zero-order valence-corrected chi connectivity index (χ0v) is 20.7. The summed E-state index contributed by atoms with van der Waals surface area (Å²) in [5.41, 5.74) is 11.4. The smallest absolute Gasteiger partial charge is 0.234 e. The Morgan fingerprint density at radius 2 is 1.80 bits per heavy atom. The number of nitrogen functional groups attached to an aromatic ring is 1. The number of amides is 1. The first-order valence-corrected chi connectivity index (χ1v) is 12.1. The van der Waals surface area contributed by atoms with Crippen LogP contribution in [0.15, 0.2) is 71.9 Å². The number of para-hydroxylation sites is 1. The van der Waals surface area contributed by atoms with Gasteiger partial charge in [0.25, 0.3) is 0 Å². The molecule has 0 bridgehead atoms. The highest BCUT2D eigenvalue weighted by atomic mass is 32.2. The van der Waals surface area contributed by atoms with Gasteiger partial charge >= 0.3 is 0 Å². The monoisotopic (exact) mass is 488 g/mol. The van der Waals surface area contributed by atoms with Crippen molar-refractivity contribution < 1.29 is 9.53 Å². The molecule has 0 unspecified atom stereocenters. The second-order valence-corrected chi connectivity index (χ2v) is 8.97. The molecule has 0 saturated carbocycles. The molecule has 9 heteroatoms. The summed E-state index contributed by atoms with van der Waals surface area (Å²) in [5, 5.41) is 15.7. The molecule has 1 heterocycles. The normalized spacial score (nSPS) is 10.7. The number of rotatable bonds is 9. The number of carbonyl (C=O) groups excluding carboxylic acids is 1. The van der Waals surface area contributed by atoms with Crippen molar-refractivity contribution in [2.75, 3.05) is 29.2 Å². The maximum absolute atomic E-state index is 12.6. The third-order valence-electron chi connectivity index (χ3n) is 5.40. The number of nitrogens with zero attached hydrogens (tertiary/aromatic N) is 3. The fraction of sp³-hybridized carbons (Fsp3) is 0.192. The fourth-order valence-corrected chi connectivity index (χ4v) is 4.40. The van der Waals surface area contributed by atoms with E-state index in [4.69, 9.17) is 10.5 Å². The van der Waals surface area contributed by atoms with Gasteiger partial charge in [-0.2, -0.15) is 0 Å². The van der Waals surface area contributed by atoms with Crippen molar-refractivity contribution in [3.05, 3.63) is 83.7 Å². The predicted molar refractivity (Wildman–Crippen MR) is 141 cm³/mol. The number of hydrogen-bond acceptors (Lipinski definition) is 7. The van der Waals surface area contributed by atoms with Crippen LogP contribution in [0.3, 0.4) is 0 Å². The van der Waals surface area contributed by atoms with Gasteiger partial charge in [-0.3, -0.25) is 9.36 Å². The summed E-state index contributed by atoms with van der Waals surface area (Å²) in [4.78, 5) is 12.6. The Balaban J connectivity index is 1.49. The highest BCUT2D eigenvalue weighted by molar-refractivity contribution is 7.99. The Morgan fingerprint density at radius 1 is 1.03 bits per heavy atom. The minimum absolute atomic E-state index is 0.154. The van der Waals surface area contributed by atoms with Crippen molar-refractivity contribution in [3.8, 4) is 11.4 Å². The molecular formula is C26H28N6O2S. The first-order chi connectivity index (χ1) is 16.9. The van der Waals surface area contributed by atoms with Crippen LogP contribution >= 0.6 is 11.8 Å². The summed E-state index contributed by atoms with van der Waals surface area (Å²) in [6.07, 6.45) is 0. The Bertz CT molecular complexity index is 1320. The van der Waals surface area contributed by atoms with Crippen LogP contribution in [0.1, 0.15) is 17.0 Å². The number of benzene rings is 3. The molecule has 1 aromatic heterocycles. The number of methoxy groups -OCH3 is 1. The van der Waals surface area contributed by atoms with E-state index in [0.717, 1.165) is 17.2 Å². The molecule has 8 nitrogen and oxygen atoms in total. The molecule has 0 fully saturated rings. The molecule has 0 aliphatic heterocycles. The molecular weight excluding hydrogens is 460 g/mol. The van der Waals surface area contributed by atoms with Crippen LogP contribution in [-0.2, 0) is 11.3 Å². The highest BCUT2D eigenvalue weighted by Gasteiger charge is 2.16. The van der Waals surface area contributed by atoms with Crippen molar-refractivity contribution in [2.45, 2.75) is 25.5 Å². The molecule has 0 atom stereocenters. The van der Waals surface area contributed by atoms with E-state index < -0.39 is 0 Å². The molecule has 0 aliphatic carbocycles. The minimum Gasteiger partial charge on any atom is -0.497 e. The number of thioether (sulfide) groups is 1. The molecule has 0 spiro atoms. The van der Waals surface area contributed by atoms with Crippen molar-refractivity contribution in [1.82, 2.24) is 14.8 Å². The van der Waals surface area contributed by atoms with Gasteiger partial charge in [-0.15, -0.1) is 10.2 Å². The van der Waals surface area contributed by atoms with E-state index in [1.807, 2.05) is 34.9 Å².